The summed E-state index contributed by atoms with van der Waals surface area (Å²) in [5.74, 6) is -0.658. The fourth-order valence-electron chi connectivity index (χ4n) is 6.79. The first-order valence-electron chi connectivity index (χ1n) is 17.1. The lowest BCUT2D eigenvalue weighted by molar-refractivity contribution is -0.142. The topological polar surface area (TPSA) is 122 Å². The van der Waals surface area contributed by atoms with E-state index in [0.29, 0.717) is 30.3 Å². The molecule has 0 unspecified atom stereocenters. The summed E-state index contributed by atoms with van der Waals surface area (Å²) in [6.45, 7) is 0.763. The number of para-hydroxylation sites is 2. The zero-order valence-electron chi connectivity index (χ0n) is 27.3. The molecule has 2 aliphatic heterocycles. The SMILES string of the molecule is O=C1N[C@]2(C(=O)NOc3ccccc3)C[C@H]2/C=C\CCCCC[C@H](NCc2ccccc2)C(=O)N2C[C@H](Oc3nc4ccccc4s3)C[C@@H]12. The van der Waals surface area contributed by atoms with Crippen LogP contribution in [-0.4, -0.2) is 57.9 Å². The first-order chi connectivity index (χ1) is 24.0. The van der Waals surface area contributed by atoms with Crippen molar-refractivity contribution in [1.29, 1.82) is 0 Å². The second kappa shape index (κ2) is 14.8. The number of carbonyl (C=O) groups excluding carboxylic acids is 3. The zero-order valence-corrected chi connectivity index (χ0v) is 28.1. The van der Waals surface area contributed by atoms with Crippen LogP contribution < -0.4 is 25.7 Å². The van der Waals surface area contributed by atoms with Crippen LogP contribution >= 0.6 is 11.3 Å². The summed E-state index contributed by atoms with van der Waals surface area (Å²) in [6.07, 6.45) is 8.71. The Labute approximate surface area is 289 Å². The first-order valence-corrected chi connectivity index (χ1v) is 17.9. The number of nitrogens with zero attached hydrogens (tertiary/aromatic N) is 2. The van der Waals surface area contributed by atoms with Gasteiger partial charge in [0.05, 0.1) is 22.8 Å². The molecule has 1 saturated heterocycles. The van der Waals surface area contributed by atoms with Crippen LogP contribution in [0.3, 0.4) is 0 Å². The maximum atomic E-state index is 14.4. The fourth-order valence-corrected chi connectivity index (χ4v) is 7.67. The molecule has 3 amide bonds. The quantitative estimate of drug-likeness (QED) is 0.171. The highest BCUT2D eigenvalue weighted by atomic mass is 32.1. The van der Waals surface area contributed by atoms with Crippen LogP contribution in [0, 0.1) is 5.92 Å². The Morgan fingerprint density at radius 2 is 1.76 bits per heavy atom. The van der Waals surface area contributed by atoms with Gasteiger partial charge in [-0.1, -0.05) is 97.0 Å². The molecule has 5 atom stereocenters. The molecule has 1 aliphatic carbocycles. The third-order valence-corrected chi connectivity index (χ3v) is 10.5. The molecule has 2 fully saturated rings. The van der Waals surface area contributed by atoms with Crippen molar-refractivity contribution < 1.29 is 24.0 Å². The van der Waals surface area contributed by atoms with E-state index in [1.54, 1.807) is 17.0 Å². The second-order valence-corrected chi connectivity index (χ2v) is 14.0. The van der Waals surface area contributed by atoms with Gasteiger partial charge >= 0.3 is 0 Å². The van der Waals surface area contributed by atoms with E-state index in [2.05, 4.69) is 27.2 Å². The minimum absolute atomic E-state index is 0.141. The van der Waals surface area contributed by atoms with Gasteiger partial charge in [0, 0.05) is 18.9 Å². The van der Waals surface area contributed by atoms with Gasteiger partial charge in [-0.25, -0.2) is 4.98 Å². The molecule has 49 heavy (non-hydrogen) atoms. The molecule has 3 aromatic carbocycles. The van der Waals surface area contributed by atoms with E-state index in [-0.39, 0.29) is 30.7 Å². The predicted molar refractivity (Wildman–Crippen MR) is 188 cm³/mol. The van der Waals surface area contributed by atoms with Crippen molar-refractivity contribution >= 4 is 39.3 Å². The molecule has 4 aromatic rings. The van der Waals surface area contributed by atoms with E-state index in [1.807, 2.05) is 78.9 Å². The van der Waals surface area contributed by atoms with Crippen molar-refractivity contribution in [3.63, 3.8) is 0 Å². The molecule has 7 rings (SSSR count). The van der Waals surface area contributed by atoms with E-state index in [0.717, 1.165) is 41.5 Å². The van der Waals surface area contributed by atoms with E-state index in [4.69, 9.17) is 9.57 Å². The molecule has 3 aliphatic rings. The van der Waals surface area contributed by atoms with Crippen LogP contribution in [0.2, 0.25) is 0 Å². The number of nitrogens with one attached hydrogen (secondary N) is 3. The Kier molecular flexibility index (Phi) is 9.90. The highest BCUT2D eigenvalue weighted by Crippen LogP contribution is 2.45. The number of aromatic nitrogens is 1. The molecule has 0 radical (unpaired) electrons. The number of carbonyl (C=O) groups is 3. The maximum absolute atomic E-state index is 14.4. The summed E-state index contributed by atoms with van der Waals surface area (Å²) in [5.41, 5.74) is 3.30. The number of hydrogen-bond acceptors (Lipinski definition) is 8. The van der Waals surface area contributed by atoms with Crippen LogP contribution in [-0.2, 0) is 20.9 Å². The van der Waals surface area contributed by atoms with Crippen LogP contribution in [0.5, 0.6) is 10.9 Å². The highest BCUT2D eigenvalue weighted by Gasteiger charge is 2.61. The van der Waals surface area contributed by atoms with E-state index in [9.17, 15) is 14.4 Å². The van der Waals surface area contributed by atoms with Crippen molar-refractivity contribution in [2.24, 2.45) is 5.92 Å². The third-order valence-electron chi connectivity index (χ3n) is 9.59. The summed E-state index contributed by atoms with van der Waals surface area (Å²) < 4.78 is 7.37. The number of hydrogen-bond donors (Lipinski definition) is 3. The molecular weight excluding hydrogens is 639 g/mol. The van der Waals surface area contributed by atoms with E-state index < -0.39 is 29.6 Å². The van der Waals surface area contributed by atoms with Gasteiger partial charge < -0.3 is 25.1 Å². The van der Waals surface area contributed by atoms with Gasteiger partial charge in [-0.15, -0.1) is 0 Å². The number of fused-ring (bicyclic) bond motifs is 3. The molecule has 0 bridgehead atoms. The Morgan fingerprint density at radius 1 is 0.980 bits per heavy atom. The lowest BCUT2D eigenvalue weighted by Crippen LogP contribution is -2.57. The van der Waals surface area contributed by atoms with Crippen LogP contribution in [0.15, 0.2) is 97.1 Å². The predicted octanol–water partition coefficient (Wildman–Crippen LogP) is 5.31. The van der Waals surface area contributed by atoms with Crippen molar-refractivity contribution in [3.05, 3.63) is 103 Å². The second-order valence-electron chi connectivity index (χ2n) is 13.0. The van der Waals surface area contributed by atoms with Gasteiger partial charge in [0.15, 0.2) is 5.75 Å². The number of benzene rings is 3. The van der Waals surface area contributed by atoms with Gasteiger partial charge in [0.2, 0.25) is 11.8 Å². The number of amides is 3. The Balaban J connectivity index is 1.14. The average molecular weight is 680 g/mol. The number of allylic oxidation sites excluding steroid dienone is 1. The summed E-state index contributed by atoms with van der Waals surface area (Å²) in [5, 5.41) is 7.08. The van der Waals surface area contributed by atoms with Crippen molar-refractivity contribution in [2.75, 3.05) is 6.54 Å². The minimum atomic E-state index is -1.19. The molecule has 254 valence electrons. The Morgan fingerprint density at radius 3 is 2.57 bits per heavy atom. The highest BCUT2D eigenvalue weighted by molar-refractivity contribution is 7.20. The van der Waals surface area contributed by atoms with Crippen molar-refractivity contribution in [2.45, 2.75) is 75.2 Å². The Bertz CT molecular complexity index is 1770. The van der Waals surface area contributed by atoms with E-state index >= 15 is 0 Å². The lowest BCUT2D eigenvalue weighted by atomic mass is 10.0. The molecule has 11 heteroatoms. The standard InChI is InChI=1S/C38H41N5O5S/c44-34-32-22-29(47-37-40-30-19-12-13-21-33(30)49-37)25-43(32)35(45)31(39-24-26-14-6-4-7-15-26)20-11-3-1-2-8-16-27-23-38(27,41-34)36(46)42-48-28-17-9-5-10-18-28/h4-10,12-19,21,27,29,31-32,39H,1-3,11,20,22-25H2,(H,41,44)(H,42,46)/b16-8-/t27-,29-,31+,32+,38-/m1/s1. The third kappa shape index (κ3) is 7.63. The molecule has 0 spiro atoms. The van der Waals surface area contributed by atoms with E-state index in [1.165, 1.54) is 11.3 Å². The average Bonchev–Trinajstić information content (AvgIpc) is 3.43. The summed E-state index contributed by atoms with van der Waals surface area (Å²) in [4.78, 5) is 54.3. The summed E-state index contributed by atoms with van der Waals surface area (Å²) in [6, 6.07) is 25.5. The fraction of sp³-hybridized carbons (Fsp3) is 0.368. The minimum Gasteiger partial charge on any atom is -0.465 e. The van der Waals surface area contributed by atoms with Crippen molar-refractivity contribution in [3.8, 4) is 10.9 Å². The Hall–Kier alpha value is -4.74. The summed E-state index contributed by atoms with van der Waals surface area (Å²) >= 11 is 1.44. The largest absolute Gasteiger partial charge is 0.465 e. The van der Waals surface area contributed by atoms with Gasteiger partial charge in [-0.2, -0.15) is 5.48 Å². The number of ether oxygens (including phenoxy) is 1. The molecule has 10 nitrogen and oxygen atoms in total. The number of thiazole rings is 1. The van der Waals surface area contributed by atoms with Gasteiger partial charge in [0.25, 0.3) is 11.1 Å². The monoisotopic (exact) mass is 679 g/mol. The zero-order chi connectivity index (χ0) is 33.6. The van der Waals surface area contributed by atoms with Crippen molar-refractivity contribution in [1.82, 2.24) is 26.0 Å². The van der Waals surface area contributed by atoms with Crippen LogP contribution in [0.4, 0.5) is 0 Å². The summed E-state index contributed by atoms with van der Waals surface area (Å²) in [7, 11) is 0. The molecule has 1 saturated carbocycles. The maximum Gasteiger partial charge on any atom is 0.278 e. The smallest absolute Gasteiger partial charge is 0.278 e. The number of rotatable bonds is 8. The normalized spacial score (nSPS) is 26.4. The molecule has 1 aromatic heterocycles. The molecule has 3 N–H and O–H groups in total. The molecule has 3 heterocycles. The van der Waals surface area contributed by atoms with Crippen LogP contribution in [0.25, 0.3) is 10.2 Å². The van der Waals surface area contributed by atoms with Gasteiger partial charge in [-0.3, -0.25) is 14.4 Å². The van der Waals surface area contributed by atoms with Gasteiger partial charge in [-0.05, 0) is 55.5 Å². The first kappa shape index (κ1) is 32.8. The number of hydroxylamine groups is 1. The van der Waals surface area contributed by atoms with Crippen LogP contribution in [0.1, 0.15) is 50.5 Å². The lowest BCUT2D eigenvalue weighted by Gasteiger charge is -2.30. The van der Waals surface area contributed by atoms with Gasteiger partial charge in [0.1, 0.15) is 17.7 Å². The molecular formula is C38H41N5O5S.